The molecular formula is C14H24N4. The SMILES string of the molecule is CC(C)(C#N)CCCCNCCCn1cccn1. The summed E-state index contributed by atoms with van der Waals surface area (Å²) in [6.45, 7) is 7.05. The molecule has 0 bridgehead atoms. The Labute approximate surface area is 110 Å². The molecule has 4 heteroatoms. The van der Waals surface area contributed by atoms with Crippen LogP contribution in [0, 0.1) is 16.7 Å². The minimum Gasteiger partial charge on any atom is -0.317 e. The van der Waals surface area contributed by atoms with Crippen LogP contribution in [-0.2, 0) is 6.54 Å². The molecule has 0 aliphatic rings. The highest BCUT2D eigenvalue weighted by atomic mass is 15.3. The molecule has 1 heterocycles. The van der Waals surface area contributed by atoms with Crippen LogP contribution in [0.15, 0.2) is 18.5 Å². The first kappa shape index (κ1) is 14.7. The Kier molecular flexibility index (Phi) is 6.45. The number of unbranched alkanes of at least 4 members (excludes halogenated alkanes) is 1. The van der Waals surface area contributed by atoms with Crippen molar-refractivity contribution in [3.05, 3.63) is 18.5 Å². The van der Waals surface area contributed by atoms with Crippen LogP contribution in [0.4, 0.5) is 0 Å². The first-order valence-corrected chi connectivity index (χ1v) is 6.73. The lowest BCUT2D eigenvalue weighted by Crippen LogP contribution is -2.19. The van der Waals surface area contributed by atoms with Crippen molar-refractivity contribution in [2.75, 3.05) is 13.1 Å². The fraction of sp³-hybridized carbons (Fsp3) is 0.714. The van der Waals surface area contributed by atoms with Gasteiger partial charge in [0.1, 0.15) is 0 Å². The van der Waals surface area contributed by atoms with Crippen molar-refractivity contribution in [2.24, 2.45) is 5.41 Å². The molecule has 0 saturated heterocycles. The van der Waals surface area contributed by atoms with Gasteiger partial charge in [-0.2, -0.15) is 10.4 Å². The summed E-state index contributed by atoms with van der Waals surface area (Å²) < 4.78 is 1.96. The third kappa shape index (κ3) is 6.41. The lowest BCUT2D eigenvalue weighted by Gasteiger charge is -2.14. The molecule has 0 unspecified atom stereocenters. The summed E-state index contributed by atoms with van der Waals surface area (Å²) in [5.41, 5.74) is -0.167. The van der Waals surface area contributed by atoms with Crippen LogP contribution in [0.1, 0.15) is 39.5 Å². The molecule has 0 fully saturated rings. The van der Waals surface area contributed by atoms with Crippen LogP contribution in [0.25, 0.3) is 0 Å². The number of nitrogens with one attached hydrogen (secondary N) is 1. The van der Waals surface area contributed by atoms with Gasteiger partial charge in [-0.1, -0.05) is 6.42 Å². The number of nitriles is 1. The van der Waals surface area contributed by atoms with Crippen molar-refractivity contribution >= 4 is 0 Å². The number of rotatable bonds is 9. The van der Waals surface area contributed by atoms with Gasteiger partial charge in [-0.3, -0.25) is 4.68 Å². The molecule has 1 N–H and O–H groups in total. The highest BCUT2D eigenvalue weighted by molar-refractivity contribution is 4.91. The molecular weight excluding hydrogens is 224 g/mol. The number of nitrogens with zero attached hydrogens (tertiary/aromatic N) is 3. The number of hydrogen-bond acceptors (Lipinski definition) is 3. The van der Waals surface area contributed by atoms with Crippen LogP contribution < -0.4 is 5.32 Å². The van der Waals surface area contributed by atoms with E-state index in [1.165, 1.54) is 0 Å². The van der Waals surface area contributed by atoms with Crippen LogP contribution >= 0.6 is 0 Å². The Hall–Kier alpha value is -1.34. The average Bonchev–Trinajstić information content (AvgIpc) is 2.85. The second-order valence-corrected chi connectivity index (χ2v) is 5.33. The molecule has 0 saturated carbocycles. The third-order valence-corrected chi connectivity index (χ3v) is 3.01. The molecule has 18 heavy (non-hydrogen) atoms. The van der Waals surface area contributed by atoms with Crippen LogP contribution in [0.3, 0.4) is 0 Å². The van der Waals surface area contributed by atoms with Crippen LogP contribution in [-0.4, -0.2) is 22.9 Å². The minimum absolute atomic E-state index is 0.167. The number of aryl methyl sites for hydroxylation is 1. The topological polar surface area (TPSA) is 53.6 Å². The van der Waals surface area contributed by atoms with Crippen molar-refractivity contribution in [1.82, 2.24) is 15.1 Å². The molecule has 4 nitrogen and oxygen atoms in total. The second-order valence-electron chi connectivity index (χ2n) is 5.33. The first-order valence-electron chi connectivity index (χ1n) is 6.73. The average molecular weight is 248 g/mol. The molecule has 0 aliphatic carbocycles. The molecule has 1 aromatic rings. The molecule has 1 aromatic heterocycles. The number of hydrogen-bond donors (Lipinski definition) is 1. The molecule has 0 amide bonds. The quantitative estimate of drug-likeness (QED) is 0.683. The van der Waals surface area contributed by atoms with Gasteiger partial charge in [0.25, 0.3) is 0 Å². The van der Waals surface area contributed by atoms with Gasteiger partial charge in [-0.15, -0.1) is 0 Å². The molecule has 0 atom stereocenters. The summed E-state index contributed by atoms with van der Waals surface area (Å²) in [7, 11) is 0. The van der Waals surface area contributed by atoms with Gasteiger partial charge < -0.3 is 5.32 Å². The van der Waals surface area contributed by atoms with Gasteiger partial charge in [0.05, 0.1) is 11.5 Å². The highest BCUT2D eigenvalue weighted by Crippen LogP contribution is 2.21. The Morgan fingerprint density at radius 3 is 2.72 bits per heavy atom. The van der Waals surface area contributed by atoms with E-state index in [0.29, 0.717) is 0 Å². The van der Waals surface area contributed by atoms with E-state index in [4.69, 9.17) is 5.26 Å². The van der Waals surface area contributed by atoms with Gasteiger partial charge in [-0.25, -0.2) is 0 Å². The van der Waals surface area contributed by atoms with E-state index in [1.54, 1.807) is 0 Å². The Bertz CT molecular complexity index is 348. The smallest absolute Gasteiger partial charge is 0.0683 e. The fourth-order valence-electron chi connectivity index (χ4n) is 1.80. The van der Waals surface area contributed by atoms with Crippen molar-refractivity contribution in [2.45, 2.75) is 46.1 Å². The van der Waals surface area contributed by atoms with E-state index < -0.39 is 0 Å². The Balaban J connectivity index is 1.89. The Morgan fingerprint density at radius 2 is 2.06 bits per heavy atom. The number of aromatic nitrogens is 2. The van der Waals surface area contributed by atoms with Gasteiger partial charge in [0, 0.05) is 18.9 Å². The maximum Gasteiger partial charge on any atom is 0.0683 e. The van der Waals surface area contributed by atoms with Crippen molar-refractivity contribution in [3.63, 3.8) is 0 Å². The van der Waals surface area contributed by atoms with Crippen molar-refractivity contribution < 1.29 is 0 Å². The fourth-order valence-corrected chi connectivity index (χ4v) is 1.80. The van der Waals surface area contributed by atoms with E-state index in [1.807, 2.05) is 37.0 Å². The first-order chi connectivity index (χ1) is 8.64. The van der Waals surface area contributed by atoms with E-state index >= 15 is 0 Å². The van der Waals surface area contributed by atoms with Crippen molar-refractivity contribution in [1.29, 1.82) is 5.26 Å². The zero-order chi connectivity index (χ0) is 13.3. The molecule has 0 spiro atoms. The van der Waals surface area contributed by atoms with Gasteiger partial charge in [0.2, 0.25) is 0 Å². The predicted octanol–water partition coefficient (Wildman–Crippen LogP) is 2.58. The summed E-state index contributed by atoms with van der Waals surface area (Å²) >= 11 is 0. The molecule has 0 aliphatic heterocycles. The molecule has 0 aromatic carbocycles. The third-order valence-electron chi connectivity index (χ3n) is 3.01. The Morgan fingerprint density at radius 1 is 1.28 bits per heavy atom. The zero-order valence-corrected chi connectivity index (χ0v) is 11.5. The van der Waals surface area contributed by atoms with Crippen LogP contribution in [0.5, 0.6) is 0 Å². The van der Waals surface area contributed by atoms with E-state index in [0.717, 1.165) is 45.3 Å². The maximum atomic E-state index is 8.88. The summed E-state index contributed by atoms with van der Waals surface area (Å²) in [6, 6.07) is 4.29. The largest absolute Gasteiger partial charge is 0.317 e. The van der Waals surface area contributed by atoms with E-state index in [2.05, 4.69) is 16.5 Å². The standard InChI is InChI=1S/C14H24N4/c1-14(2,13-15)7-3-4-8-16-9-5-11-18-12-6-10-17-18/h6,10,12,16H,3-5,7-9,11H2,1-2H3. The van der Waals surface area contributed by atoms with E-state index in [-0.39, 0.29) is 5.41 Å². The summed E-state index contributed by atoms with van der Waals surface area (Å²) in [5.74, 6) is 0. The normalized spacial score (nSPS) is 11.4. The molecule has 0 radical (unpaired) electrons. The van der Waals surface area contributed by atoms with Crippen molar-refractivity contribution in [3.8, 4) is 6.07 Å². The van der Waals surface area contributed by atoms with Crippen LogP contribution in [0.2, 0.25) is 0 Å². The lowest BCUT2D eigenvalue weighted by molar-refractivity contribution is 0.421. The lowest BCUT2D eigenvalue weighted by atomic mass is 9.89. The maximum absolute atomic E-state index is 8.88. The predicted molar refractivity (Wildman–Crippen MR) is 73.0 cm³/mol. The second kappa shape index (κ2) is 7.88. The summed E-state index contributed by atoms with van der Waals surface area (Å²) in [6.07, 6.45) is 8.15. The highest BCUT2D eigenvalue weighted by Gasteiger charge is 2.14. The molecule has 100 valence electrons. The monoisotopic (exact) mass is 248 g/mol. The van der Waals surface area contributed by atoms with Gasteiger partial charge >= 0.3 is 0 Å². The minimum atomic E-state index is -0.167. The van der Waals surface area contributed by atoms with Gasteiger partial charge in [0.15, 0.2) is 0 Å². The zero-order valence-electron chi connectivity index (χ0n) is 11.5. The summed E-state index contributed by atoms with van der Waals surface area (Å²) in [4.78, 5) is 0. The van der Waals surface area contributed by atoms with Gasteiger partial charge in [-0.05, 0) is 52.3 Å². The van der Waals surface area contributed by atoms with E-state index in [9.17, 15) is 0 Å². The molecule has 1 rings (SSSR count). The summed E-state index contributed by atoms with van der Waals surface area (Å²) in [5, 5.41) is 16.5.